The second-order valence-electron chi connectivity index (χ2n) is 4.47. The number of anilines is 1. The Kier molecular flexibility index (Phi) is 3.64. The summed E-state index contributed by atoms with van der Waals surface area (Å²) >= 11 is 0. The molecule has 0 saturated heterocycles. The van der Waals surface area contributed by atoms with E-state index in [2.05, 4.69) is 4.74 Å². The topological polar surface area (TPSA) is 63.7 Å². The summed E-state index contributed by atoms with van der Waals surface area (Å²) in [5.41, 5.74) is 1.10. The third kappa shape index (κ3) is 2.50. The van der Waals surface area contributed by atoms with Gasteiger partial charge in [-0.3, -0.25) is 14.4 Å². The number of rotatable bonds is 2. The van der Waals surface area contributed by atoms with Crippen molar-refractivity contribution in [2.24, 2.45) is 0 Å². The molecule has 1 aliphatic rings. The van der Waals surface area contributed by atoms with Gasteiger partial charge in [-0.25, -0.2) is 0 Å². The van der Waals surface area contributed by atoms with Crippen LogP contribution in [0.2, 0.25) is 0 Å². The first-order valence-electron chi connectivity index (χ1n) is 6.03. The SMILES string of the molecule is COC(=O)CC1CC(=O)c2ccccc2N1C(C)=O. The quantitative estimate of drug-likeness (QED) is 0.758. The van der Waals surface area contributed by atoms with E-state index in [1.807, 2.05) is 0 Å². The lowest BCUT2D eigenvalue weighted by Crippen LogP contribution is -2.45. The van der Waals surface area contributed by atoms with Gasteiger partial charge in [0, 0.05) is 18.9 Å². The maximum absolute atomic E-state index is 12.0. The van der Waals surface area contributed by atoms with Gasteiger partial charge in [-0.15, -0.1) is 0 Å². The fraction of sp³-hybridized carbons (Fsp3) is 0.357. The summed E-state index contributed by atoms with van der Waals surface area (Å²) in [7, 11) is 1.29. The third-order valence-corrected chi connectivity index (χ3v) is 3.22. The fourth-order valence-corrected chi connectivity index (χ4v) is 2.40. The highest BCUT2D eigenvalue weighted by molar-refractivity contribution is 6.09. The summed E-state index contributed by atoms with van der Waals surface area (Å²) < 4.78 is 4.62. The van der Waals surface area contributed by atoms with Gasteiger partial charge in [-0.1, -0.05) is 12.1 Å². The van der Waals surface area contributed by atoms with Gasteiger partial charge in [-0.05, 0) is 12.1 Å². The molecule has 0 aromatic heterocycles. The number of ether oxygens (including phenoxy) is 1. The summed E-state index contributed by atoms with van der Waals surface area (Å²) in [4.78, 5) is 36.8. The Hall–Kier alpha value is -2.17. The van der Waals surface area contributed by atoms with Gasteiger partial charge in [0.25, 0.3) is 0 Å². The Bertz CT molecular complexity index is 538. The van der Waals surface area contributed by atoms with E-state index >= 15 is 0 Å². The summed E-state index contributed by atoms with van der Waals surface area (Å²) in [5, 5.41) is 0. The zero-order chi connectivity index (χ0) is 14.0. The second-order valence-corrected chi connectivity index (χ2v) is 4.47. The van der Waals surface area contributed by atoms with E-state index < -0.39 is 12.0 Å². The van der Waals surface area contributed by atoms with E-state index in [0.717, 1.165) is 0 Å². The van der Waals surface area contributed by atoms with Gasteiger partial charge >= 0.3 is 5.97 Å². The second kappa shape index (κ2) is 5.22. The largest absolute Gasteiger partial charge is 0.469 e. The van der Waals surface area contributed by atoms with Gasteiger partial charge in [0.05, 0.1) is 25.3 Å². The Morgan fingerprint density at radius 3 is 2.68 bits per heavy atom. The molecule has 100 valence electrons. The first-order valence-corrected chi connectivity index (χ1v) is 6.03. The standard InChI is InChI=1S/C14H15NO4/c1-9(16)15-10(8-14(18)19-2)7-13(17)11-5-3-4-6-12(11)15/h3-6,10H,7-8H2,1-2H3. The van der Waals surface area contributed by atoms with Crippen molar-refractivity contribution in [3.05, 3.63) is 29.8 Å². The van der Waals surface area contributed by atoms with Crippen molar-refractivity contribution in [3.63, 3.8) is 0 Å². The fourth-order valence-electron chi connectivity index (χ4n) is 2.40. The van der Waals surface area contributed by atoms with Crippen LogP contribution in [0.15, 0.2) is 24.3 Å². The maximum Gasteiger partial charge on any atom is 0.307 e. The summed E-state index contributed by atoms with van der Waals surface area (Å²) in [6.45, 7) is 1.43. The van der Waals surface area contributed by atoms with Crippen LogP contribution in [-0.4, -0.2) is 30.8 Å². The van der Waals surface area contributed by atoms with Crippen LogP contribution in [0.5, 0.6) is 0 Å². The van der Waals surface area contributed by atoms with E-state index in [9.17, 15) is 14.4 Å². The van der Waals surface area contributed by atoms with Crippen molar-refractivity contribution >= 4 is 23.3 Å². The number of hydrogen-bond acceptors (Lipinski definition) is 4. The monoisotopic (exact) mass is 261 g/mol. The molecule has 0 radical (unpaired) electrons. The molecule has 5 heteroatoms. The van der Waals surface area contributed by atoms with Crippen LogP contribution < -0.4 is 4.90 Å². The molecule has 5 nitrogen and oxygen atoms in total. The van der Waals surface area contributed by atoms with Gasteiger partial charge in [0.1, 0.15) is 0 Å². The number of esters is 1. The molecular weight excluding hydrogens is 246 g/mol. The Balaban J connectivity index is 2.40. The first-order chi connectivity index (χ1) is 9.04. The molecule has 0 N–H and O–H groups in total. The average molecular weight is 261 g/mol. The van der Waals surface area contributed by atoms with E-state index in [4.69, 9.17) is 0 Å². The molecule has 0 fully saturated rings. The third-order valence-electron chi connectivity index (χ3n) is 3.22. The molecular formula is C14H15NO4. The summed E-state index contributed by atoms with van der Waals surface area (Å²) in [6, 6.07) is 6.48. The molecule has 19 heavy (non-hydrogen) atoms. The van der Waals surface area contributed by atoms with E-state index in [-0.39, 0.29) is 24.5 Å². The highest BCUT2D eigenvalue weighted by Gasteiger charge is 2.34. The number of nitrogens with zero attached hydrogens (tertiary/aromatic N) is 1. The molecule has 0 bridgehead atoms. The summed E-state index contributed by atoms with van der Waals surface area (Å²) in [5.74, 6) is -0.667. The zero-order valence-corrected chi connectivity index (χ0v) is 10.9. The minimum absolute atomic E-state index is 0.0240. The van der Waals surface area contributed by atoms with Crippen LogP contribution in [0.1, 0.15) is 30.1 Å². The molecule has 1 aliphatic heterocycles. The molecule has 1 amide bonds. The Morgan fingerprint density at radius 2 is 2.05 bits per heavy atom. The number of amides is 1. The van der Waals surface area contributed by atoms with E-state index in [1.165, 1.54) is 18.9 Å². The van der Waals surface area contributed by atoms with Crippen molar-refractivity contribution in [2.45, 2.75) is 25.8 Å². The van der Waals surface area contributed by atoms with Crippen LogP contribution in [0, 0.1) is 0 Å². The highest BCUT2D eigenvalue weighted by atomic mass is 16.5. The maximum atomic E-state index is 12.0. The minimum Gasteiger partial charge on any atom is -0.469 e. The Morgan fingerprint density at radius 1 is 1.37 bits per heavy atom. The van der Waals surface area contributed by atoms with Crippen molar-refractivity contribution in [1.82, 2.24) is 0 Å². The lowest BCUT2D eigenvalue weighted by molar-refractivity contribution is -0.141. The molecule has 1 aromatic rings. The molecule has 0 aliphatic carbocycles. The van der Waals surface area contributed by atoms with Gasteiger partial charge < -0.3 is 9.64 Å². The molecule has 1 heterocycles. The van der Waals surface area contributed by atoms with E-state index in [0.29, 0.717) is 11.3 Å². The Labute approximate surface area is 111 Å². The number of benzene rings is 1. The predicted molar refractivity (Wildman–Crippen MR) is 69.0 cm³/mol. The van der Waals surface area contributed by atoms with Gasteiger partial charge in [0.2, 0.25) is 5.91 Å². The number of hydrogen-bond donors (Lipinski definition) is 0. The first kappa shape index (κ1) is 13.3. The van der Waals surface area contributed by atoms with Crippen molar-refractivity contribution < 1.29 is 19.1 Å². The number of fused-ring (bicyclic) bond motifs is 1. The van der Waals surface area contributed by atoms with E-state index in [1.54, 1.807) is 24.3 Å². The van der Waals surface area contributed by atoms with Crippen LogP contribution in [-0.2, 0) is 14.3 Å². The molecule has 2 rings (SSSR count). The number of carbonyl (C=O) groups excluding carboxylic acids is 3. The van der Waals surface area contributed by atoms with Crippen molar-refractivity contribution in [2.75, 3.05) is 12.0 Å². The molecule has 0 saturated carbocycles. The van der Waals surface area contributed by atoms with Crippen molar-refractivity contribution in [1.29, 1.82) is 0 Å². The number of Topliss-reactive ketones (excluding diaryl/α,β-unsaturated/α-hetero) is 1. The van der Waals surface area contributed by atoms with Gasteiger partial charge in [-0.2, -0.15) is 0 Å². The molecule has 1 atom stereocenters. The zero-order valence-electron chi connectivity index (χ0n) is 10.9. The highest BCUT2D eigenvalue weighted by Crippen LogP contribution is 2.32. The van der Waals surface area contributed by atoms with Crippen LogP contribution in [0.3, 0.4) is 0 Å². The summed E-state index contributed by atoms with van der Waals surface area (Å²) in [6.07, 6.45) is 0.168. The van der Waals surface area contributed by atoms with Gasteiger partial charge in [0.15, 0.2) is 5.78 Å². The lowest BCUT2D eigenvalue weighted by atomic mass is 9.92. The van der Waals surface area contributed by atoms with Crippen molar-refractivity contribution in [3.8, 4) is 0 Å². The number of ketones is 1. The number of carbonyl (C=O) groups is 3. The minimum atomic E-state index is -0.465. The van der Waals surface area contributed by atoms with Crippen LogP contribution >= 0.6 is 0 Å². The average Bonchev–Trinajstić information content (AvgIpc) is 2.38. The number of para-hydroxylation sites is 1. The lowest BCUT2D eigenvalue weighted by Gasteiger charge is -2.35. The predicted octanol–water partition coefficient (Wildman–Crippen LogP) is 1.56. The van der Waals surface area contributed by atoms with Crippen LogP contribution in [0.4, 0.5) is 5.69 Å². The molecule has 1 unspecified atom stereocenters. The number of methoxy groups -OCH3 is 1. The molecule has 1 aromatic carbocycles. The normalized spacial score (nSPS) is 17.9. The molecule has 0 spiro atoms. The smallest absolute Gasteiger partial charge is 0.307 e. The van der Waals surface area contributed by atoms with Crippen LogP contribution in [0.25, 0.3) is 0 Å².